The summed E-state index contributed by atoms with van der Waals surface area (Å²) < 4.78 is 70.9. The second kappa shape index (κ2) is 15.7. The van der Waals surface area contributed by atoms with Gasteiger partial charge in [0.2, 0.25) is 0 Å². The summed E-state index contributed by atoms with van der Waals surface area (Å²) in [6, 6.07) is 49.3. The van der Waals surface area contributed by atoms with Gasteiger partial charge in [0.15, 0.2) is 0 Å². The molecule has 9 rings (SSSR count). The number of hydrogen-bond donors (Lipinski definition) is 0. The second-order valence-corrected chi connectivity index (χ2v) is 13.3. The molecule has 0 saturated heterocycles. The number of fused-ring (bicyclic) bond motifs is 2. The van der Waals surface area contributed by atoms with Crippen molar-refractivity contribution in [2.24, 2.45) is 0 Å². The molecular formula is C48H37IrN3S-2. The van der Waals surface area contributed by atoms with Crippen molar-refractivity contribution in [1.82, 2.24) is 14.5 Å². The normalized spacial score (nSPS) is 14.1. The summed E-state index contributed by atoms with van der Waals surface area (Å²) in [5, 5.41) is 4.33. The van der Waals surface area contributed by atoms with Crippen LogP contribution in [0, 0.1) is 38.9 Å². The molecule has 1 radical (unpaired) electrons. The minimum atomic E-state index is -2.20. The van der Waals surface area contributed by atoms with Crippen molar-refractivity contribution >= 4 is 32.5 Å². The van der Waals surface area contributed by atoms with Crippen molar-refractivity contribution < 1.29 is 32.4 Å². The van der Waals surface area contributed by atoms with E-state index in [1.807, 2.05) is 36.4 Å². The van der Waals surface area contributed by atoms with Crippen LogP contribution in [-0.2, 0) is 20.1 Å². The molecule has 3 nitrogen and oxygen atoms in total. The van der Waals surface area contributed by atoms with E-state index in [-0.39, 0.29) is 31.2 Å². The molecule has 0 saturated carbocycles. The fourth-order valence-electron chi connectivity index (χ4n) is 6.39. The monoisotopic (exact) mass is 889 g/mol. The molecule has 0 N–H and O–H groups in total. The number of aromatic nitrogens is 3. The number of imidazole rings is 1. The average molecular weight is 889 g/mol. The van der Waals surface area contributed by atoms with Gasteiger partial charge in [0.25, 0.3) is 0 Å². The third-order valence-corrected chi connectivity index (χ3v) is 9.68. The minimum absolute atomic E-state index is 0. The number of nitrogens with zero attached hydrogens (tertiary/aromatic N) is 3. The molecule has 53 heavy (non-hydrogen) atoms. The number of rotatable bonds is 5. The molecular weight excluding hydrogens is 843 g/mol. The van der Waals surface area contributed by atoms with Crippen molar-refractivity contribution in [2.45, 2.75) is 27.5 Å². The first kappa shape index (κ1) is 26.3. The van der Waals surface area contributed by atoms with Gasteiger partial charge in [-0.25, -0.2) is 0 Å². The van der Waals surface area contributed by atoms with E-state index < -0.39 is 20.6 Å². The molecule has 0 amide bonds. The van der Waals surface area contributed by atoms with Gasteiger partial charge in [0, 0.05) is 49.8 Å². The van der Waals surface area contributed by atoms with E-state index in [4.69, 9.17) is 17.3 Å². The van der Waals surface area contributed by atoms with E-state index in [1.54, 1.807) is 24.3 Å². The smallest absolute Gasteiger partial charge is 0.0774 e. The molecule has 0 fully saturated rings. The van der Waals surface area contributed by atoms with E-state index in [9.17, 15) is 0 Å². The Morgan fingerprint density at radius 1 is 0.660 bits per heavy atom. The molecule has 6 aromatic carbocycles. The van der Waals surface area contributed by atoms with Crippen LogP contribution in [0.4, 0.5) is 0 Å². The molecule has 0 aliphatic rings. The molecule has 0 unspecified atom stereocenters. The van der Waals surface area contributed by atoms with E-state index in [0.717, 1.165) is 66.0 Å². The molecule has 261 valence electrons. The van der Waals surface area contributed by atoms with E-state index in [2.05, 4.69) is 94.7 Å². The largest absolute Gasteiger partial charge is 0.332 e. The SMILES string of the molecule is [2H]C([2H])([2H])c1c[c-]c(-c2ccc(C([2H])([2H])[2H])cn2)cc1.[2H]C([2H])([2H])c1ccc2s[c-]c(-c3nc4ccccc4n3-c3c(-c4ccccc4)cc(C)cc3-c3ccccc3)c2c1.[Ir]. The Balaban J connectivity index is 0.000000233. The number of pyridine rings is 1. The number of aryl methyl sites for hydroxylation is 4. The van der Waals surface area contributed by atoms with Crippen LogP contribution < -0.4 is 0 Å². The van der Waals surface area contributed by atoms with E-state index in [0.29, 0.717) is 16.8 Å². The summed E-state index contributed by atoms with van der Waals surface area (Å²) in [7, 11) is 0. The molecule has 0 aliphatic carbocycles. The molecule has 0 aliphatic heterocycles. The Kier molecular flexibility index (Phi) is 7.78. The van der Waals surface area contributed by atoms with Gasteiger partial charge < -0.3 is 9.55 Å². The zero-order chi connectivity index (χ0) is 43.1. The van der Waals surface area contributed by atoms with Crippen LogP contribution >= 0.6 is 11.3 Å². The third-order valence-electron chi connectivity index (χ3n) is 8.80. The molecule has 0 spiro atoms. The first-order chi connectivity index (χ1) is 29.1. The fraction of sp³-hybridized carbons (Fsp3) is 0.0833. The van der Waals surface area contributed by atoms with E-state index >= 15 is 0 Å². The average Bonchev–Trinajstić information content (AvgIpc) is 3.85. The van der Waals surface area contributed by atoms with Gasteiger partial charge >= 0.3 is 0 Å². The molecule has 3 aromatic heterocycles. The molecule has 9 aromatic rings. The maximum atomic E-state index is 8.01. The van der Waals surface area contributed by atoms with Gasteiger partial charge in [0.05, 0.1) is 22.5 Å². The molecule has 3 heterocycles. The van der Waals surface area contributed by atoms with Crippen molar-refractivity contribution in [3.63, 3.8) is 0 Å². The first-order valence-corrected chi connectivity index (χ1v) is 17.6. The van der Waals surface area contributed by atoms with Gasteiger partial charge in [-0.05, 0) is 72.8 Å². The topological polar surface area (TPSA) is 30.7 Å². The van der Waals surface area contributed by atoms with Crippen molar-refractivity contribution in [3.8, 4) is 50.6 Å². The van der Waals surface area contributed by atoms with Gasteiger partial charge in [-0.15, -0.1) is 46.8 Å². The predicted octanol–water partition coefficient (Wildman–Crippen LogP) is 12.8. The number of hydrogen-bond acceptors (Lipinski definition) is 3. The zero-order valence-electron chi connectivity index (χ0n) is 37.5. The van der Waals surface area contributed by atoms with Gasteiger partial charge in [-0.1, -0.05) is 125 Å². The number of benzene rings is 6. The van der Waals surface area contributed by atoms with Crippen LogP contribution in [0.2, 0.25) is 0 Å². The van der Waals surface area contributed by atoms with Crippen LogP contribution in [0.5, 0.6) is 0 Å². The zero-order valence-corrected chi connectivity index (χ0v) is 31.7. The van der Waals surface area contributed by atoms with Crippen LogP contribution in [0.3, 0.4) is 0 Å². The van der Waals surface area contributed by atoms with Crippen LogP contribution in [0.1, 0.15) is 34.6 Å². The Morgan fingerprint density at radius 2 is 1.32 bits per heavy atom. The Labute approximate surface area is 341 Å². The van der Waals surface area contributed by atoms with Crippen LogP contribution in [-0.4, -0.2) is 14.5 Å². The number of thiophene rings is 1. The number of para-hydroxylation sites is 2. The van der Waals surface area contributed by atoms with Gasteiger partial charge in [0.1, 0.15) is 0 Å². The van der Waals surface area contributed by atoms with Crippen LogP contribution in [0.25, 0.3) is 71.7 Å². The van der Waals surface area contributed by atoms with Crippen molar-refractivity contribution in [3.05, 3.63) is 185 Å². The quantitative estimate of drug-likeness (QED) is 0.161. The molecule has 0 atom stereocenters. The fourth-order valence-corrected chi connectivity index (χ4v) is 7.21. The van der Waals surface area contributed by atoms with Gasteiger partial charge in [-0.3, -0.25) is 16.3 Å². The maximum Gasteiger partial charge on any atom is 0.0774 e. The molecule has 0 bridgehead atoms. The predicted molar refractivity (Wildman–Crippen MR) is 219 cm³/mol. The first-order valence-electron chi connectivity index (χ1n) is 21.2. The summed E-state index contributed by atoms with van der Waals surface area (Å²) in [5.41, 5.74) is 11.1. The van der Waals surface area contributed by atoms with E-state index in [1.165, 1.54) is 35.7 Å². The Hall–Kier alpha value is -5.45. The maximum absolute atomic E-state index is 8.01. The second-order valence-electron chi connectivity index (χ2n) is 12.4. The Bertz CT molecular complexity index is 2860. The summed E-state index contributed by atoms with van der Waals surface area (Å²) in [6.07, 6.45) is 1.30. The summed E-state index contributed by atoms with van der Waals surface area (Å²) in [4.78, 5) is 9.24. The minimum Gasteiger partial charge on any atom is -0.332 e. The standard InChI is InChI=1S/C35H25N2S.C13H12N.Ir/c1-23-17-18-33-29(19-23)30(22-38-33)35-36-31-15-9-10-16-32(31)37(35)34-27(25-11-5-3-6-12-25)20-24(2)21-28(34)26-13-7-4-8-14-26;1-10-3-6-12(7-4-10)13-8-5-11(2)9-14-13;/h3-21H,1-2H3;3-6,8-9H,1-2H3;/q2*-1;/i1D3;1D3,2D3;. The molecule has 5 heteroatoms. The van der Waals surface area contributed by atoms with Crippen LogP contribution in [0.15, 0.2) is 152 Å². The Morgan fingerprint density at radius 3 is 1.96 bits per heavy atom. The van der Waals surface area contributed by atoms with Crippen molar-refractivity contribution in [2.75, 3.05) is 0 Å². The summed E-state index contributed by atoms with van der Waals surface area (Å²) >= 11 is 1.48. The summed E-state index contributed by atoms with van der Waals surface area (Å²) in [6.45, 7) is -4.41. The van der Waals surface area contributed by atoms with Crippen molar-refractivity contribution in [1.29, 1.82) is 0 Å². The summed E-state index contributed by atoms with van der Waals surface area (Å²) in [5.74, 6) is 0.735. The van der Waals surface area contributed by atoms with Gasteiger partial charge in [-0.2, -0.15) is 0 Å². The third kappa shape index (κ3) is 7.42.